The van der Waals surface area contributed by atoms with E-state index in [0.29, 0.717) is 29.7 Å². The van der Waals surface area contributed by atoms with Gasteiger partial charge in [-0.25, -0.2) is 4.98 Å². The molecule has 1 saturated heterocycles. The second kappa shape index (κ2) is 30.8. The zero-order chi connectivity index (χ0) is 57.4. The van der Waals surface area contributed by atoms with Crippen LogP contribution in [0.3, 0.4) is 0 Å². The van der Waals surface area contributed by atoms with E-state index in [2.05, 4.69) is 62.5 Å². The number of nitrogens with one attached hydrogen (secondary N) is 10. The van der Waals surface area contributed by atoms with Crippen molar-refractivity contribution < 1.29 is 53.1 Å². The highest BCUT2D eigenvalue weighted by Crippen LogP contribution is 2.21. The molecular weight excluding hydrogens is 1020 g/mol. The number of para-hydroxylation sites is 1. The fraction of sp³-hybridized carbons (Fsp3) is 0.472. The monoisotopic (exact) mass is 1100 g/mol. The Bertz CT molecular complexity index is 2770. The Kier molecular flexibility index (Phi) is 23.8. The summed E-state index contributed by atoms with van der Waals surface area (Å²) in [5.41, 5.74) is 19.3. The number of unbranched alkanes of at least 4 members (excludes halogenated alkanes) is 1. The van der Waals surface area contributed by atoms with E-state index in [1.54, 1.807) is 42.6 Å². The number of fused-ring (bicyclic) bond motifs is 1. The second-order valence-corrected chi connectivity index (χ2v) is 19.5. The topological polar surface area (TPSA) is 422 Å². The molecule has 3 heterocycles. The van der Waals surface area contributed by atoms with E-state index in [9.17, 15) is 53.1 Å². The van der Waals surface area contributed by atoms with Crippen molar-refractivity contribution in [2.45, 2.75) is 140 Å². The van der Waals surface area contributed by atoms with E-state index < -0.39 is 120 Å². The van der Waals surface area contributed by atoms with Crippen molar-refractivity contribution in [1.29, 1.82) is 0 Å². The number of nitrogens with two attached hydrogens (primary N) is 3. The number of aliphatic carboxylic acids is 1. The number of hydrogen-bond donors (Lipinski definition) is 14. The van der Waals surface area contributed by atoms with Crippen LogP contribution < -0.4 is 59.7 Å². The van der Waals surface area contributed by atoms with Gasteiger partial charge in [-0.3, -0.25) is 52.9 Å². The van der Waals surface area contributed by atoms with Crippen molar-refractivity contribution in [3.63, 3.8) is 0 Å². The largest absolute Gasteiger partial charge is 0.481 e. The number of H-pyrrole nitrogens is 2. The van der Waals surface area contributed by atoms with Crippen LogP contribution in [-0.4, -0.2) is 141 Å². The van der Waals surface area contributed by atoms with E-state index in [-0.39, 0.29) is 76.8 Å². The third-order valence-electron chi connectivity index (χ3n) is 13.2. The molecule has 2 aromatic carbocycles. The molecule has 9 amide bonds. The molecular formula is C53H73N15O11. The smallest absolute Gasteiger partial charge is 0.304 e. The molecule has 26 heteroatoms. The Morgan fingerprint density at radius 3 is 2.08 bits per heavy atom. The number of amides is 9. The van der Waals surface area contributed by atoms with Crippen LogP contribution in [0.15, 0.2) is 78.3 Å². The van der Waals surface area contributed by atoms with Crippen molar-refractivity contribution in [3.8, 4) is 0 Å². The molecule has 1 aliphatic rings. The van der Waals surface area contributed by atoms with Crippen LogP contribution in [0.4, 0.5) is 0 Å². The summed E-state index contributed by atoms with van der Waals surface area (Å²) >= 11 is 0. The predicted octanol–water partition coefficient (Wildman–Crippen LogP) is -1.16. The third kappa shape index (κ3) is 19.9. The van der Waals surface area contributed by atoms with E-state index in [4.69, 9.17) is 17.2 Å². The average molecular weight is 1100 g/mol. The maximum absolute atomic E-state index is 14.8. The standard InChI is InChI=1S/C53H73N15O11/c1-3-4-16-38(62-30(2)69)48(75)65-40-26-44(70)58-20-11-10-18-37(46(54)73)63-51(78)42(23-32-27-60-36-17-9-8-15-34(32)36)68-49(76)39(19-12-21-59-53(55)56)64-50(77)41(22-31-13-6-5-7-14-31)67-52(79)43(24-33-28-57-29-61-33)66-47(74)35(40)25-45(71)72/h5-9,13-15,17,27-29,35,37-43,60H,3-4,10-12,16,18-26H2,1-2H3,(H2,54,73)(H,57,61)(H,58,70)(H,62,69)(H,63,78)(H,64,77)(H,65,75)(H,66,74)(H,67,79)(H,68,76)(H,71,72)(H4,55,56,59)/t35?,37-,38-,39-,40-,41+,42-,43-/m0/s1. The molecule has 26 nitrogen and oxygen atoms in total. The van der Waals surface area contributed by atoms with Crippen LogP contribution in [-0.2, 0) is 67.2 Å². The van der Waals surface area contributed by atoms with Crippen LogP contribution in [0, 0.1) is 5.92 Å². The van der Waals surface area contributed by atoms with Crippen LogP contribution in [0.2, 0.25) is 0 Å². The van der Waals surface area contributed by atoms with Crippen LogP contribution >= 0.6 is 0 Å². The number of hydrogen-bond acceptors (Lipinski definition) is 12. The first-order valence-corrected chi connectivity index (χ1v) is 26.3. The number of guanidine groups is 1. The average Bonchev–Trinajstić information content (AvgIpc) is 4.08. The lowest BCUT2D eigenvalue weighted by Gasteiger charge is -2.30. The normalized spacial score (nSPS) is 21.8. The Labute approximate surface area is 456 Å². The maximum atomic E-state index is 14.8. The van der Waals surface area contributed by atoms with Gasteiger partial charge in [0.15, 0.2) is 5.96 Å². The Morgan fingerprint density at radius 1 is 0.772 bits per heavy atom. The van der Waals surface area contributed by atoms with Crippen LogP contribution in [0.25, 0.3) is 10.9 Å². The summed E-state index contributed by atoms with van der Waals surface area (Å²) in [4.78, 5) is 153. The molecule has 0 radical (unpaired) electrons. The summed E-state index contributed by atoms with van der Waals surface area (Å²) < 4.78 is 0. The first kappa shape index (κ1) is 61.0. The molecule has 4 aromatic rings. The number of primary amides is 1. The number of imidazole rings is 1. The molecule has 8 atom stereocenters. The van der Waals surface area contributed by atoms with Crippen LogP contribution in [0.1, 0.15) is 94.9 Å². The van der Waals surface area contributed by atoms with Gasteiger partial charge < -0.3 is 74.8 Å². The van der Waals surface area contributed by atoms with Gasteiger partial charge in [0.1, 0.15) is 36.3 Å². The maximum Gasteiger partial charge on any atom is 0.304 e. The van der Waals surface area contributed by atoms with Crippen LogP contribution in [0.5, 0.6) is 0 Å². The zero-order valence-electron chi connectivity index (χ0n) is 44.3. The summed E-state index contributed by atoms with van der Waals surface area (Å²) in [6.07, 6.45) is 4.02. The minimum atomic E-state index is -1.72. The zero-order valence-corrected chi connectivity index (χ0v) is 44.3. The van der Waals surface area contributed by atoms with Gasteiger partial charge in [0.25, 0.3) is 0 Å². The molecule has 0 aliphatic carbocycles. The quantitative estimate of drug-likeness (QED) is 0.0300. The fourth-order valence-corrected chi connectivity index (χ4v) is 9.12. The molecule has 1 aliphatic heterocycles. The molecule has 79 heavy (non-hydrogen) atoms. The molecule has 0 saturated carbocycles. The summed E-state index contributed by atoms with van der Waals surface area (Å²) in [5.74, 6) is -10.9. The van der Waals surface area contributed by atoms with Crippen molar-refractivity contribution in [1.82, 2.24) is 57.5 Å². The third-order valence-corrected chi connectivity index (χ3v) is 13.2. The van der Waals surface area contributed by atoms with Gasteiger partial charge in [-0.15, -0.1) is 0 Å². The van der Waals surface area contributed by atoms with Crippen molar-refractivity contribution in [2.24, 2.45) is 28.1 Å². The first-order valence-electron chi connectivity index (χ1n) is 26.3. The van der Waals surface area contributed by atoms with E-state index >= 15 is 0 Å². The lowest BCUT2D eigenvalue weighted by molar-refractivity contribution is -0.143. The van der Waals surface area contributed by atoms with Gasteiger partial charge in [-0.05, 0) is 55.7 Å². The molecule has 2 aromatic heterocycles. The summed E-state index contributed by atoms with van der Waals surface area (Å²) in [6, 6.07) is 6.08. The summed E-state index contributed by atoms with van der Waals surface area (Å²) in [5, 5.41) is 32.4. The fourth-order valence-electron chi connectivity index (χ4n) is 9.12. The van der Waals surface area contributed by atoms with Crippen molar-refractivity contribution >= 4 is 76.0 Å². The molecule has 17 N–H and O–H groups in total. The van der Waals surface area contributed by atoms with Gasteiger partial charge in [0.2, 0.25) is 53.2 Å². The number of aromatic nitrogens is 3. The number of aliphatic imine (C=N–C) groups is 1. The summed E-state index contributed by atoms with van der Waals surface area (Å²) in [6.45, 7) is 3.09. The van der Waals surface area contributed by atoms with Gasteiger partial charge in [0, 0.05) is 80.7 Å². The number of carboxylic acid groups (broad SMARTS) is 1. The number of aromatic amines is 2. The van der Waals surface area contributed by atoms with Gasteiger partial charge in [0.05, 0.1) is 18.7 Å². The minimum Gasteiger partial charge on any atom is -0.481 e. The lowest BCUT2D eigenvalue weighted by atomic mass is 9.91. The van der Waals surface area contributed by atoms with E-state index in [1.807, 2.05) is 25.1 Å². The van der Waals surface area contributed by atoms with E-state index in [1.165, 1.54) is 19.4 Å². The highest BCUT2D eigenvalue weighted by atomic mass is 16.4. The number of benzene rings is 2. The molecule has 5 rings (SSSR count). The van der Waals surface area contributed by atoms with E-state index in [0.717, 1.165) is 10.9 Å². The highest BCUT2D eigenvalue weighted by molar-refractivity contribution is 5.98. The second-order valence-electron chi connectivity index (χ2n) is 19.5. The van der Waals surface area contributed by atoms with Crippen molar-refractivity contribution in [2.75, 3.05) is 13.1 Å². The van der Waals surface area contributed by atoms with Gasteiger partial charge in [-0.1, -0.05) is 68.3 Å². The highest BCUT2D eigenvalue weighted by Gasteiger charge is 2.38. The number of nitrogens with zero attached hydrogens (tertiary/aromatic N) is 2. The number of rotatable bonds is 19. The van der Waals surface area contributed by atoms with Crippen molar-refractivity contribution in [3.05, 3.63) is 90.1 Å². The predicted molar refractivity (Wildman–Crippen MR) is 289 cm³/mol. The summed E-state index contributed by atoms with van der Waals surface area (Å²) in [7, 11) is 0. The SMILES string of the molecule is CCCC[C@H](NC(C)=O)C(=O)N[C@H]1CC(=O)NCCCC[C@@H](C(N)=O)NC(=O)[C@H](Cc2c[nH]c3ccccc23)NC(=O)[C@H](CCCN=C(N)N)NC(=O)[C@@H](Cc2ccccc2)NC(=O)[C@H](Cc2cnc[nH]2)NC(=O)C1CC(=O)O. The molecule has 1 unspecified atom stereocenters. The molecule has 0 spiro atoms. The molecule has 426 valence electrons. The number of carbonyl (C=O) groups excluding carboxylic acids is 9. The first-order chi connectivity index (χ1) is 37.8. The lowest BCUT2D eigenvalue weighted by Crippen LogP contribution is -2.60. The Hall–Kier alpha value is -8.84. The van der Waals surface area contributed by atoms with Gasteiger partial charge >= 0.3 is 5.97 Å². The number of carboxylic acids is 1. The Balaban J connectivity index is 1.60. The molecule has 1 fully saturated rings. The molecule has 0 bridgehead atoms. The number of carbonyl (C=O) groups is 10. The van der Waals surface area contributed by atoms with Gasteiger partial charge in [-0.2, -0.15) is 0 Å². The minimum absolute atomic E-state index is 0.00968. The Morgan fingerprint density at radius 2 is 1.42 bits per heavy atom.